The summed E-state index contributed by atoms with van der Waals surface area (Å²) < 4.78 is 5.37. The average Bonchev–Trinajstić information content (AvgIpc) is 3.09. The lowest BCUT2D eigenvalue weighted by Crippen LogP contribution is -2.44. The maximum absolute atomic E-state index is 12.0. The molecule has 0 aliphatic carbocycles. The number of likely N-dealkylation sites (tertiary alicyclic amines) is 1. The van der Waals surface area contributed by atoms with Crippen LogP contribution in [0.25, 0.3) is 0 Å². The van der Waals surface area contributed by atoms with Crippen LogP contribution in [-0.4, -0.2) is 66.7 Å². The fourth-order valence-corrected chi connectivity index (χ4v) is 3.39. The van der Waals surface area contributed by atoms with Crippen LogP contribution < -0.4 is 10.6 Å². The first-order valence-corrected chi connectivity index (χ1v) is 10.8. The zero-order valence-electron chi connectivity index (χ0n) is 19.7. The summed E-state index contributed by atoms with van der Waals surface area (Å²) in [5.41, 5.74) is 2.10. The number of hydrogen-bond donors (Lipinski definition) is 2. The molecule has 1 aromatic rings. The summed E-state index contributed by atoms with van der Waals surface area (Å²) in [6, 6.07) is 9.09. The SMILES string of the molecule is CN=C(NCc1ccccc1CN(C)C(C)C)N1CCC(NC(=O)OC(C)(C)C)C1. The van der Waals surface area contributed by atoms with Crippen molar-refractivity contribution in [2.45, 2.75) is 71.8 Å². The molecule has 1 saturated heterocycles. The standard InChI is InChI=1S/C23H39N5O2/c1-17(2)27(7)15-19-11-9-8-10-18(19)14-25-21(24-6)28-13-12-20(16-28)26-22(29)30-23(3,4)5/h8-11,17,20H,12-16H2,1-7H3,(H,24,25)(H,26,29). The van der Waals surface area contributed by atoms with Crippen molar-refractivity contribution in [3.63, 3.8) is 0 Å². The molecule has 0 aromatic heterocycles. The summed E-state index contributed by atoms with van der Waals surface area (Å²) in [7, 11) is 3.95. The number of benzene rings is 1. The second-order valence-corrected chi connectivity index (χ2v) is 9.26. The molecule has 2 rings (SSSR count). The first-order chi connectivity index (χ1) is 14.1. The van der Waals surface area contributed by atoms with Gasteiger partial charge >= 0.3 is 6.09 Å². The Kier molecular flexibility index (Phi) is 8.53. The maximum Gasteiger partial charge on any atom is 0.407 e. The second kappa shape index (κ2) is 10.7. The van der Waals surface area contributed by atoms with Crippen LogP contribution in [0, 0.1) is 0 Å². The van der Waals surface area contributed by atoms with Gasteiger partial charge in [0.15, 0.2) is 5.96 Å². The van der Waals surface area contributed by atoms with Crippen LogP contribution in [0.2, 0.25) is 0 Å². The molecule has 0 radical (unpaired) electrons. The number of nitrogens with one attached hydrogen (secondary N) is 2. The molecule has 1 unspecified atom stereocenters. The van der Waals surface area contributed by atoms with Crippen molar-refractivity contribution in [3.05, 3.63) is 35.4 Å². The molecule has 1 atom stereocenters. The highest BCUT2D eigenvalue weighted by Gasteiger charge is 2.27. The van der Waals surface area contributed by atoms with Gasteiger partial charge in [0, 0.05) is 39.3 Å². The number of carbonyl (C=O) groups is 1. The zero-order chi connectivity index (χ0) is 22.3. The Morgan fingerprint density at radius 1 is 1.30 bits per heavy atom. The quantitative estimate of drug-likeness (QED) is 0.550. The largest absolute Gasteiger partial charge is 0.444 e. The number of nitrogens with zero attached hydrogens (tertiary/aromatic N) is 3. The fourth-order valence-electron chi connectivity index (χ4n) is 3.39. The highest BCUT2D eigenvalue weighted by molar-refractivity contribution is 5.80. The predicted molar refractivity (Wildman–Crippen MR) is 123 cm³/mol. The normalized spacial score (nSPS) is 17.6. The summed E-state index contributed by atoms with van der Waals surface area (Å²) in [5, 5.41) is 6.46. The molecule has 1 fully saturated rings. The van der Waals surface area contributed by atoms with E-state index in [1.165, 1.54) is 11.1 Å². The molecule has 1 aliphatic heterocycles. The molecular weight excluding hydrogens is 378 g/mol. The van der Waals surface area contributed by atoms with E-state index in [-0.39, 0.29) is 12.1 Å². The van der Waals surface area contributed by atoms with Crippen LogP contribution in [0.3, 0.4) is 0 Å². The van der Waals surface area contributed by atoms with E-state index in [4.69, 9.17) is 4.74 Å². The van der Waals surface area contributed by atoms with E-state index in [0.717, 1.165) is 38.6 Å². The fraction of sp³-hybridized carbons (Fsp3) is 0.652. The number of hydrogen-bond acceptors (Lipinski definition) is 4. The Balaban J connectivity index is 1.91. The molecule has 7 nitrogen and oxygen atoms in total. The van der Waals surface area contributed by atoms with Crippen molar-refractivity contribution >= 4 is 12.1 Å². The van der Waals surface area contributed by atoms with E-state index in [0.29, 0.717) is 6.04 Å². The van der Waals surface area contributed by atoms with Gasteiger partial charge in [0.05, 0.1) is 6.04 Å². The van der Waals surface area contributed by atoms with Gasteiger partial charge in [-0.2, -0.15) is 0 Å². The van der Waals surface area contributed by atoms with Crippen LogP contribution >= 0.6 is 0 Å². The predicted octanol–water partition coefficient (Wildman–Crippen LogP) is 3.20. The van der Waals surface area contributed by atoms with Gasteiger partial charge < -0.3 is 20.3 Å². The van der Waals surface area contributed by atoms with Crippen LogP contribution in [0.4, 0.5) is 4.79 Å². The molecule has 0 spiro atoms. The number of carbonyl (C=O) groups excluding carboxylic acids is 1. The van der Waals surface area contributed by atoms with Gasteiger partial charge in [-0.1, -0.05) is 24.3 Å². The van der Waals surface area contributed by atoms with Gasteiger partial charge in [0.1, 0.15) is 5.60 Å². The molecule has 7 heteroatoms. The third kappa shape index (κ3) is 7.52. The molecule has 2 N–H and O–H groups in total. The summed E-state index contributed by atoms with van der Waals surface area (Å²) in [5.74, 6) is 0.857. The summed E-state index contributed by atoms with van der Waals surface area (Å²) in [6.45, 7) is 13.2. The van der Waals surface area contributed by atoms with Crippen molar-refractivity contribution < 1.29 is 9.53 Å². The molecular formula is C23H39N5O2. The lowest BCUT2D eigenvalue weighted by Gasteiger charge is -2.25. The number of aliphatic imine (C=N–C) groups is 1. The second-order valence-electron chi connectivity index (χ2n) is 9.26. The van der Waals surface area contributed by atoms with Crippen molar-refractivity contribution in [2.75, 3.05) is 27.2 Å². The number of amides is 1. The highest BCUT2D eigenvalue weighted by atomic mass is 16.6. The summed E-state index contributed by atoms with van der Waals surface area (Å²) in [4.78, 5) is 21.0. The van der Waals surface area contributed by atoms with Gasteiger partial charge in [-0.15, -0.1) is 0 Å². The smallest absolute Gasteiger partial charge is 0.407 e. The molecule has 30 heavy (non-hydrogen) atoms. The van der Waals surface area contributed by atoms with Gasteiger partial charge in [-0.25, -0.2) is 4.79 Å². The van der Waals surface area contributed by atoms with E-state index >= 15 is 0 Å². The summed E-state index contributed by atoms with van der Waals surface area (Å²) >= 11 is 0. The first kappa shape index (κ1) is 24.0. The van der Waals surface area contributed by atoms with Gasteiger partial charge in [0.25, 0.3) is 0 Å². The number of rotatable bonds is 6. The number of ether oxygens (including phenoxy) is 1. The van der Waals surface area contributed by atoms with Crippen molar-refractivity contribution in [2.24, 2.45) is 4.99 Å². The molecule has 1 amide bonds. The van der Waals surface area contributed by atoms with Crippen LogP contribution in [0.15, 0.2) is 29.3 Å². The Labute approximate surface area is 181 Å². The lowest BCUT2D eigenvalue weighted by atomic mass is 10.1. The van der Waals surface area contributed by atoms with E-state index in [1.54, 1.807) is 7.05 Å². The Morgan fingerprint density at radius 3 is 2.57 bits per heavy atom. The molecule has 1 aromatic carbocycles. The number of guanidine groups is 1. The van der Waals surface area contributed by atoms with E-state index in [9.17, 15) is 4.79 Å². The van der Waals surface area contributed by atoms with Crippen LogP contribution in [-0.2, 0) is 17.8 Å². The zero-order valence-corrected chi connectivity index (χ0v) is 19.7. The summed E-state index contributed by atoms with van der Waals surface area (Å²) in [6.07, 6.45) is 0.510. The van der Waals surface area contributed by atoms with E-state index < -0.39 is 5.60 Å². The van der Waals surface area contributed by atoms with E-state index in [2.05, 4.69) is 70.6 Å². The minimum atomic E-state index is -0.489. The minimum Gasteiger partial charge on any atom is -0.444 e. The number of alkyl carbamates (subject to hydrolysis) is 1. The van der Waals surface area contributed by atoms with Gasteiger partial charge in [-0.3, -0.25) is 9.89 Å². The van der Waals surface area contributed by atoms with Crippen LogP contribution in [0.5, 0.6) is 0 Å². The van der Waals surface area contributed by atoms with Gasteiger partial charge in [-0.05, 0) is 59.2 Å². The Hall–Kier alpha value is -2.28. The van der Waals surface area contributed by atoms with Gasteiger partial charge in [0.2, 0.25) is 0 Å². The van der Waals surface area contributed by atoms with Crippen molar-refractivity contribution in [1.29, 1.82) is 0 Å². The topological polar surface area (TPSA) is 69.2 Å². The third-order valence-corrected chi connectivity index (χ3v) is 5.28. The third-order valence-electron chi connectivity index (χ3n) is 5.28. The molecule has 1 heterocycles. The Bertz CT molecular complexity index is 727. The highest BCUT2D eigenvalue weighted by Crippen LogP contribution is 2.15. The van der Waals surface area contributed by atoms with E-state index in [1.807, 2.05) is 20.8 Å². The Morgan fingerprint density at radius 2 is 1.97 bits per heavy atom. The van der Waals surface area contributed by atoms with Crippen molar-refractivity contribution in [1.82, 2.24) is 20.4 Å². The van der Waals surface area contributed by atoms with Crippen molar-refractivity contribution in [3.8, 4) is 0 Å². The maximum atomic E-state index is 12.0. The monoisotopic (exact) mass is 417 g/mol. The molecule has 0 saturated carbocycles. The molecule has 0 bridgehead atoms. The first-order valence-electron chi connectivity index (χ1n) is 10.8. The molecule has 168 valence electrons. The van der Waals surface area contributed by atoms with Crippen LogP contribution in [0.1, 0.15) is 52.2 Å². The average molecular weight is 418 g/mol. The lowest BCUT2D eigenvalue weighted by molar-refractivity contribution is 0.0507. The molecule has 1 aliphatic rings. The minimum absolute atomic E-state index is 0.0605.